The number of carbonyl (C=O) groups is 1. The molecule has 1 fully saturated rings. The molecule has 118 valence electrons. The Morgan fingerprint density at radius 3 is 3.22 bits per heavy atom. The Morgan fingerprint density at radius 2 is 2.39 bits per heavy atom. The molecule has 1 saturated heterocycles. The molecular formula is C16H15FN4OS. The summed E-state index contributed by atoms with van der Waals surface area (Å²) in [6.45, 7) is 1.24. The van der Waals surface area contributed by atoms with E-state index in [0.717, 1.165) is 16.6 Å². The number of anilines is 1. The van der Waals surface area contributed by atoms with Gasteiger partial charge >= 0.3 is 0 Å². The zero-order chi connectivity index (χ0) is 15.8. The molecular weight excluding hydrogens is 315 g/mol. The summed E-state index contributed by atoms with van der Waals surface area (Å²) < 4.78 is 14.9. The zero-order valence-corrected chi connectivity index (χ0v) is 13.1. The molecule has 1 aliphatic heterocycles. The van der Waals surface area contributed by atoms with Crippen molar-refractivity contribution in [1.82, 2.24) is 15.3 Å². The van der Waals surface area contributed by atoms with Crippen molar-refractivity contribution in [2.45, 2.75) is 12.5 Å². The molecule has 4 rings (SSSR count). The first-order valence-electron chi connectivity index (χ1n) is 7.43. The van der Waals surface area contributed by atoms with Crippen LogP contribution in [0.3, 0.4) is 0 Å². The van der Waals surface area contributed by atoms with E-state index in [0.29, 0.717) is 24.6 Å². The van der Waals surface area contributed by atoms with Crippen LogP contribution in [0.2, 0.25) is 0 Å². The van der Waals surface area contributed by atoms with E-state index in [2.05, 4.69) is 15.3 Å². The number of H-pyrrole nitrogens is 1. The van der Waals surface area contributed by atoms with E-state index in [4.69, 9.17) is 0 Å². The van der Waals surface area contributed by atoms with Crippen LogP contribution in [-0.2, 0) is 0 Å². The van der Waals surface area contributed by atoms with Gasteiger partial charge in [-0.1, -0.05) is 0 Å². The largest absolute Gasteiger partial charge is 0.352 e. The van der Waals surface area contributed by atoms with Gasteiger partial charge in [-0.2, -0.15) is 0 Å². The summed E-state index contributed by atoms with van der Waals surface area (Å²) in [6.07, 6.45) is 2.35. The normalized spacial score (nSPS) is 17.8. The van der Waals surface area contributed by atoms with Gasteiger partial charge < -0.3 is 15.2 Å². The maximum absolute atomic E-state index is 13.8. The number of halogens is 1. The van der Waals surface area contributed by atoms with Gasteiger partial charge in [0, 0.05) is 25.3 Å². The van der Waals surface area contributed by atoms with Crippen LogP contribution < -0.4 is 10.2 Å². The highest BCUT2D eigenvalue weighted by Gasteiger charge is 2.27. The Morgan fingerprint density at radius 1 is 1.48 bits per heavy atom. The minimum atomic E-state index is -0.330. The topological polar surface area (TPSA) is 61.0 Å². The van der Waals surface area contributed by atoms with Crippen LogP contribution in [0, 0.1) is 5.82 Å². The zero-order valence-electron chi connectivity index (χ0n) is 12.3. The molecule has 0 saturated carbocycles. The number of aromatic amines is 1. The lowest BCUT2D eigenvalue weighted by molar-refractivity contribution is 0.0936. The van der Waals surface area contributed by atoms with E-state index in [1.54, 1.807) is 23.6 Å². The van der Waals surface area contributed by atoms with Gasteiger partial charge in [0.15, 0.2) is 11.6 Å². The predicted octanol–water partition coefficient (Wildman–Crippen LogP) is 2.77. The molecule has 0 bridgehead atoms. The summed E-state index contributed by atoms with van der Waals surface area (Å²) in [7, 11) is 0. The van der Waals surface area contributed by atoms with Gasteiger partial charge in [0.2, 0.25) is 0 Å². The van der Waals surface area contributed by atoms with Crippen molar-refractivity contribution in [1.29, 1.82) is 0 Å². The van der Waals surface area contributed by atoms with Gasteiger partial charge in [-0.05, 0) is 36.1 Å². The molecule has 0 aromatic carbocycles. The predicted molar refractivity (Wildman–Crippen MR) is 88.5 cm³/mol. The fourth-order valence-electron chi connectivity index (χ4n) is 2.91. The number of thiophene rings is 1. The van der Waals surface area contributed by atoms with E-state index < -0.39 is 0 Å². The highest BCUT2D eigenvalue weighted by molar-refractivity contribution is 7.17. The number of pyridine rings is 1. The van der Waals surface area contributed by atoms with Crippen LogP contribution >= 0.6 is 11.3 Å². The first-order chi connectivity index (χ1) is 11.2. The first kappa shape index (κ1) is 14.2. The molecule has 5 nitrogen and oxygen atoms in total. The highest BCUT2D eigenvalue weighted by atomic mass is 32.1. The smallest absolute Gasteiger partial charge is 0.268 e. The molecule has 0 radical (unpaired) electrons. The van der Waals surface area contributed by atoms with Crippen LogP contribution in [0.1, 0.15) is 16.9 Å². The van der Waals surface area contributed by atoms with E-state index in [1.165, 1.54) is 6.07 Å². The number of nitrogens with zero attached hydrogens (tertiary/aromatic N) is 2. The molecule has 7 heteroatoms. The summed E-state index contributed by atoms with van der Waals surface area (Å²) in [5.74, 6) is -0.101. The molecule has 1 amide bonds. The maximum Gasteiger partial charge on any atom is 0.268 e. The van der Waals surface area contributed by atoms with E-state index in [-0.39, 0.29) is 17.8 Å². The van der Waals surface area contributed by atoms with Crippen molar-refractivity contribution in [3.8, 4) is 0 Å². The number of aromatic nitrogens is 2. The number of amides is 1. The van der Waals surface area contributed by atoms with Gasteiger partial charge in [0.1, 0.15) is 5.69 Å². The molecule has 1 aliphatic rings. The van der Waals surface area contributed by atoms with Crippen LogP contribution in [0.25, 0.3) is 10.2 Å². The number of hydrogen-bond donors (Lipinski definition) is 2. The highest BCUT2D eigenvalue weighted by Crippen LogP contribution is 2.23. The monoisotopic (exact) mass is 330 g/mol. The van der Waals surface area contributed by atoms with Gasteiger partial charge in [-0.15, -0.1) is 11.3 Å². The standard InChI is InChI=1S/C16H15FN4OS/c17-11-2-1-5-18-15(11)21-6-3-10(9-21)19-16(22)13-8-14-12(20-13)4-7-23-14/h1-2,4-5,7-8,10,20H,3,6,9H2,(H,19,22). The van der Waals surface area contributed by atoms with E-state index in [9.17, 15) is 9.18 Å². The van der Waals surface area contributed by atoms with Gasteiger partial charge in [0.25, 0.3) is 5.91 Å². The van der Waals surface area contributed by atoms with Crippen molar-refractivity contribution in [2.75, 3.05) is 18.0 Å². The van der Waals surface area contributed by atoms with Crippen molar-refractivity contribution < 1.29 is 9.18 Å². The van der Waals surface area contributed by atoms with Crippen molar-refractivity contribution in [3.05, 3.63) is 47.4 Å². The second kappa shape index (κ2) is 5.66. The van der Waals surface area contributed by atoms with Crippen molar-refractivity contribution >= 4 is 33.3 Å². The quantitative estimate of drug-likeness (QED) is 0.776. The van der Waals surface area contributed by atoms with Crippen molar-refractivity contribution in [3.63, 3.8) is 0 Å². The number of carbonyl (C=O) groups excluding carboxylic acids is 1. The van der Waals surface area contributed by atoms with Gasteiger partial charge in [-0.25, -0.2) is 9.37 Å². The van der Waals surface area contributed by atoms with Crippen LogP contribution in [-0.4, -0.2) is 35.0 Å². The van der Waals surface area contributed by atoms with E-state index >= 15 is 0 Å². The summed E-state index contributed by atoms with van der Waals surface area (Å²) in [6, 6.07) is 6.79. The SMILES string of the molecule is O=C(NC1CCN(c2ncccc2F)C1)c1cc2sccc2[nH]1. The molecule has 2 N–H and O–H groups in total. The average Bonchev–Trinajstić information content (AvgIpc) is 3.22. The summed E-state index contributed by atoms with van der Waals surface area (Å²) in [5.41, 5.74) is 1.54. The van der Waals surface area contributed by atoms with Crippen LogP contribution in [0.15, 0.2) is 35.8 Å². The molecule has 23 heavy (non-hydrogen) atoms. The summed E-state index contributed by atoms with van der Waals surface area (Å²) in [5, 5.41) is 4.99. The summed E-state index contributed by atoms with van der Waals surface area (Å²) >= 11 is 1.60. The minimum Gasteiger partial charge on any atom is -0.352 e. The van der Waals surface area contributed by atoms with Crippen LogP contribution in [0.5, 0.6) is 0 Å². The second-order valence-corrected chi connectivity index (χ2v) is 6.54. The van der Waals surface area contributed by atoms with E-state index in [1.807, 2.05) is 22.4 Å². The molecule has 0 spiro atoms. The number of nitrogens with one attached hydrogen (secondary N) is 2. The van der Waals surface area contributed by atoms with Gasteiger partial charge in [0.05, 0.1) is 10.2 Å². The minimum absolute atomic E-state index is 0.00904. The molecule has 1 unspecified atom stereocenters. The first-order valence-corrected chi connectivity index (χ1v) is 8.31. The number of hydrogen-bond acceptors (Lipinski definition) is 4. The Kier molecular flexibility index (Phi) is 3.49. The molecule has 3 aromatic rings. The summed E-state index contributed by atoms with van der Waals surface area (Å²) in [4.78, 5) is 21.4. The fraction of sp³-hybridized carbons (Fsp3) is 0.250. The van der Waals surface area contributed by atoms with Crippen LogP contribution in [0.4, 0.5) is 10.2 Å². The third-order valence-corrected chi connectivity index (χ3v) is 4.91. The third kappa shape index (κ3) is 2.68. The lowest BCUT2D eigenvalue weighted by Crippen LogP contribution is -2.37. The lowest BCUT2D eigenvalue weighted by atomic mass is 10.2. The maximum atomic E-state index is 13.8. The number of rotatable bonds is 3. The Bertz CT molecular complexity index is 830. The van der Waals surface area contributed by atoms with Crippen molar-refractivity contribution in [2.24, 2.45) is 0 Å². The molecule has 1 atom stereocenters. The Hall–Kier alpha value is -2.41. The number of fused-ring (bicyclic) bond motifs is 1. The average molecular weight is 330 g/mol. The third-order valence-electron chi connectivity index (χ3n) is 4.05. The van der Waals surface area contributed by atoms with Gasteiger partial charge in [-0.3, -0.25) is 4.79 Å². The fourth-order valence-corrected chi connectivity index (χ4v) is 3.70. The Balaban J connectivity index is 1.43. The second-order valence-electron chi connectivity index (χ2n) is 5.60. The molecule has 3 aromatic heterocycles. The Labute approximate surface area is 136 Å². The lowest BCUT2D eigenvalue weighted by Gasteiger charge is -2.18. The molecule has 4 heterocycles. The molecule has 0 aliphatic carbocycles.